The average Bonchev–Trinajstić information content (AvgIpc) is 2.99. The van der Waals surface area contributed by atoms with E-state index in [0.717, 1.165) is 75.4 Å². The molecule has 1 amide bonds. The van der Waals surface area contributed by atoms with E-state index in [1.807, 2.05) is 23.2 Å². The van der Waals surface area contributed by atoms with Gasteiger partial charge in [-0.2, -0.15) is 0 Å². The van der Waals surface area contributed by atoms with Gasteiger partial charge in [0.1, 0.15) is 5.76 Å². The number of hydrogen-bond donors (Lipinski definition) is 0. The van der Waals surface area contributed by atoms with Gasteiger partial charge in [0.25, 0.3) is 5.91 Å². The van der Waals surface area contributed by atoms with Gasteiger partial charge in [0.15, 0.2) is 5.69 Å². The average molecular weight is 397 g/mol. The number of carbonyl (C=O) groups excluding carboxylic acids is 1. The van der Waals surface area contributed by atoms with Crippen molar-refractivity contribution in [1.82, 2.24) is 19.9 Å². The van der Waals surface area contributed by atoms with Gasteiger partial charge in [-0.05, 0) is 42.7 Å². The lowest BCUT2D eigenvalue weighted by atomic mass is 9.71. The summed E-state index contributed by atoms with van der Waals surface area (Å²) < 4.78 is 5.58. The summed E-state index contributed by atoms with van der Waals surface area (Å²) in [6.45, 7) is 11.0. The highest BCUT2D eigenvalue weighted by Crippen LogP contribution is 2.38. The number of hydrogen-bond acceptors (Lipinski definition) is 5. The minimum absolute atomic E-state index is 0.0317. The Bertz CT molecular complexity index is 840. The molecule has 3 heterocycles. The molecule has 0 spiro atoms. The molecule has 1 saturated heterocycles. The van der Waals surface area contributed by atoms with Crippen LogP contribution in [0.15, 0.2) is 28.9 Å². The van der Waals surface area contributed by atoms with Crippen LogP contribution in [0.4, 0.5) is 0 Å². The Kier molecular flexibility index (Phi) is 5.72. The Morgan fingerprint density at radius 3 is 2.83 bits per heavy atom. The normalized spacial score (nSPS) is 20.9. The number of fused-ring (bicyclic) bond motifs is 1. The molecule has 0 unspecified atom stereocenters. The van der Waals surface area contributed by atoms with Gasteiger partial charge in [0.2, 0.25) is 0 Å². The van der Waals surface area contributed by atoms with E-state index in [2.05, 4.69) is 41.9 Å². The topological polar surface area (TPSA) is 62.5 Å². The number of aromatic nitrogens is 2. The van der Waals surface area contributed by atoms with Crippen LogP contribution in [0.1, 0.15) is 61.1 Å². The molecule has 1 atom stereocenters. The van der Waals surface area contributed by atoms with Crippen LogP contribution in [-0.2, 0) is 19.4 Å². The maximum Gasteiger partial charge on any atom is 0.276 e. The van der Waals surface area contributed by atoms with Crippen molar-refractivity contribution in [2.24, 2.45) is 11.3 Å². The second-order valence-electron chi connectivity index (χ2n) is 9.48. The lowest BCUT2D eigenvalue weighted by Gasteiger charge is -2.33. The Balaban J connectivity index is 1.42. The molecule has 0 bridgehead atoms. The van der Waals surface area contributed by atoms with Crippen molar-refractivity contribution in [3.05, 3.63) is 47.1 Å². The van der Waals surface area contributed by atoms with Gasteiger partial charge < -0.3 is 9.42 Å². The van der Waals surface area contributed by atoms with Crippen molar-refractivity contribution >= 4 is 5.91 Å². The van der Waals surface area contributed by atoms with E-state index in [1.165, 1.54) is 0 Å². The third-order valence-corrected chi connectivity index (χ3v) is 6.45. The fraction of sp³-hybridized carbons (Fsp3) is 0.609. The molecule has 1 aliphatic carbocycles. The number of rotatable bonds is 3. The standard InChI is InChI=1S/C23H32N4O2/c1-23(2,3)17-8-9-20-19(15-17)21(25-29-20)22(28)27-12-6-11-26(13-14-27)16-18-7-4-5-10-24-18/h4-5,7,10,17H,6,8-9,11-16H2,1-3H3/t17-/m1/s1. The summed E-state index contributed by atoms with van der Waals surface area (Å²) in [4.78, 5) is 22.0. The number of amides is 1. The molecule has 0 radical (unpaired) electrons. The largest absolute Gasteiger partial charge is 0.360 e. The van der Waals surface area contributed by atoms with Crippen LogP contribution in [-0.4, -0.2) is 52.0 Å². The Labute approximate surface area is 173 Å². The summed E-state index contributed by atoms with van der Waals surface area (Å²) >= 11 is 0. The van der Waals surface area contributed by atoms with Gasteiger partial charge in [-0.3, -0.25) is 14.7 Å². The van der Waals surface area contributed by atoms with Crippen LogP contribution in [0.3, 0.4) is 0 Å². The second kappa shape index (κ2) is 8.27. The van der Waals surface area contributed by atoms with Crippen LogP contribution in [0.5, 0.6) is 0 Å². The van der Waals surface area contributed by atoms with Crippen LogP contribution < -0.4 is 0 Å². The van der Waals surface area contributed by atoms with Gasteiger partial charge in [0.05, 0.1) is 5.69 Å². The smallest absolute Gasteiger partial charge is 0.276 e. The van der Waals surface area contributed by atoms with Crippen LogP contribution >= 0.6 is 0 Å². The minimum atomic E-state index is 0.0317. The molecule has 0 saturated carbocycles. The molecule has 6 nitrogen and oxygen atoms in total. The van der Waals surface area contributed by atoms with E-state index in [-0.39, 0.29) is 11.3 Å². The fourth-order valence-electron chi connectivity index (χ4n) is 4.51. The summed E-state index contributed by atoms with van der Waals surface area (Å²) in [6.07, 6.45) is 5.68. The summed E-state index contributed by atoms with van der Waals surface area (Å²) in [5.41, 5.74) is 2.90. The van der Waals surface area contributed by atoms with E-state index in [1.54, 1.807) is 0 Å². The highest BCUT2D eigenvalue weighted by atomic mass is 16.5. The molecule has 0 aromatic carbocycles. The first-order chi connectivity index (χ1) is 13.9. The van der Waals surface area contributed by atoms with Crippen molar-refractivity contribution < 1.29 is 9.32 Å². The van der Waals surface area contributed by atoms with E-state index in [9.17, 15) is 4.79 Å². The van der Waals surface area contributed by atoms with Crippen LogP contribution in [0.2, 0.25) is 0 Å². The maximum atomic E-state index is 13.3. The molecular formula is C23H32N4O2. The van der Waals surface area contributed by atoms with Gasteiger partial charge >= 0.3 is 0 Å². The third-order valence-electron chi connectivity index (χ3n) is 6.45. The zero-order valence-corrected chi connectivity index (χ0v) is 17.9. The number of nitrogens with zero attached hydrogens (tertiary/aromatic N) is 4. The van der Waals surface area contributed by atoms with E-state index in [4.69, 9.17) is 4.52 Å². The zero-order chi connectivity index (χ0) is 20.4. The maximum absolute atomic E-state index is 13.3. The SMILES string of the molecule is CC(C)(C)[C@@H]1CCc2onc(C(=O)N3CCCN(Cc4ccccn4)CC3)c2C1. The van der Waals surface area contributed by atoms with E-state index in [0.29, 0.717) is 11.6 Å². The predicted octanol–water partition coefficient (Wildman–Crippen LogP) is 3.57. The van der Waals surface area contributed by atoms with Gasteiger partial charge in [-0.15, -0.1) is 0 Å². The van der Waals surface area contributed by atoms with Crippen molar-refractivity contribution in [3.63, 3.8) is 0 Å². The Morgan fingerprint density at radius 2 is 2.07 bits per heavy atom. The first-order valence-corrected chi connectivity index (χ1v) is 10.8. The third kappa shape index (κ3) is 4.53. The molecule has 6 heteroatoms. The van der Waals surface area contributed by atoms with Crippen LogP contribution in [0, 0.1) is 11.3 Å². The number of aryl methyl sites for hydroxylation is 1. The van der Waals surface area contributed by atoms with Crippen molar-refractivity contribution in [2.75, 3.05) is 26.2 Å². The first-order valence-electron chi connectivity index (χ1n) is 10.8. The minimum Gasteiger partial charge on any atom is -0.360 e. The lowest BCUT2D eigenvalue weighted by molar-refractivity contribution is 0.0749. The monoisotopic (exact) mass is 396 g/mol. The van der Waals surface area contributed by atoms with Crippen molar-refractivity contribution in [2.45, 2.75) is 53.0 Å². The Hall–Kier alpha value is -2.21. The highest BCUT2D eigenvalue weighted by Gasteiger charge is 2.35. The number of pyridine rings is 1. The highest BCUT2D eigenvalue weighted by molar-refractivity contribution is 5.94. The van der Waals surface area contributed by atoms with Crippen molar-refractivity contribution in [1.29, 1.82) is 0 Å². The van der Waals surface area contributed by atoms with Crippen molar-refractivity contribution in [3.8, 4) is 0 Å². The molecule has 4 rings (SSSR count). The summed E-state index contributed by atoms with van der Waals surface area (Å²) in [7, 11) is 0. The molecule has 2 aromatic rings. The van der Waals surface area contributed by atoms with Gasteiger partial charge in [0, 0.05) is 50.9 Å². The summed E-state index contributed by atoms with van der Waals surface area (Å²) in [6, 6.07) is 6.02. The quantitative estimate of drug-likeness (QED) is 0.794. The summed E-state index contributed by atoms with van der Waals surface area (Å²) in [5, 5.41) is 4.22. The van der Waals surface area contributed by atoms with E-state index >= 15 is 0 Å². The number of carbonyl (C=O) groups is 1. The second-order valence-corrected chi connectivity index (χ2v) is 9.48. The van der Waals surface area contributed by atoms with E-state index < -0.39 is 0 Å². The first kappa shape index (κ1) is 20.1. The molecule has 156 valence electrons. The fourth-order valence-corrected chi connectivity index (χ4v) is 4.51. The van der Waals surface area contributed by atoms with Gasteiger partial charge in [-0.1, -0.05) is 32.0 Å². The van der Waals surface area contributed by atoms with Crippen LogP contribution in [0.25, 0.3) is 0 Å². The lowest BCUT2D eigenvalue weighted by Crippen LogP contribution is -2.36. The zero-order valence-electron chi connectivity index (χ0n) is 17.9. The molecule has 1 fully saturated rings. The molecule has 0 N–H and O–H groups in total. The van der Waals surface area contributed by atoms with Gasteiger partial charge in [-0.25, -0.2) is 0 Å². The molecular weight excluding hydrogens is 364 g/mol. The molecule has 2 aliphatic rings. The Morgan fingerprint density at radius 1 is 1.21 bits per heavy atom. The predicted molar refractivity (Wildman–Crippen MR) is 112 cm³/mol. The molecule has 1 aliphatic heterocycles. The molecule has 29 heavy (non-hydrogen) atoms. The summed E-state index contributed by atoms with van der Waals surface area (Å²) in [5.74, 6) is 1.50. The molecule has 2 aromatic heterocycles.